The Labute approximate surface area is 168 Å². The second-order valence-electron chi connectivity index (χ2n) is 9.53. The highest BCUT2D eigenvalue weighted by molar-refractivity contribution is 5.77. The van der Waals surface area contributed by atoms with Gasteiger partial charge in [0.15, 0.2) is 11.6 Å². The van der Waals surface area contributed by atoms with Crippen LogP contribution in [0.2, 0.25) is 0 Å². The fourth-order valence-electron chi connectivity index (χ4n) is 4.32. The van der Waals surface area contributed by atoms with Crippen molar-refractivity contribution in [2.75, 3.05) is 16.4 Å². The molecule has 1 aromatic heterocycles. The van der Waals surface area contributed by atoms with Gasteiger partial charge in [-0.15, -0.1) is 0 Å². The molecular formula is C22H34N6. The van der Waals surface area contributed by atoms with Gasteiger partial charge in [-0.3, -0.25) is 0 Å². The SMILES string of the molecule is CC(C)c1ccc(Nc2ncnc(NC3CC(C)(C)NC(C)(C)C3)c2N)cc1. The number of hydrogen-bond donors (Lipinski definition) is 4. The van der Waals surface area contributed by atoms with Crippen molar-refractivity contribution in [1.82, 2.24) is 15.3 Å². The molecule has 0 spiro atoms. The third-order valence-corrected chi connectivity index (χ3v) is 5.26. The van der Waals surface area contributed by atoms with Crippen molar-refractivity contribution in [3.05, 3.63) is 36.2 Å². The minimum atomic E-state index is 0.0560. The van der Waals surface area contributed by atoms with Crippen molar-refractivity contribution >= 4 is 23.0 Å². The van der Waals surface area contributed by atoms with E-state index in [1.807, 2.05) is 0 Å². The molecule has 1 aliphatic heterocycles. The molecular weight excluding hydrogens is 348 g/mol. The summed E-state index contributed by atoms with van der Waals surface area (Å²) in [6, 6.07) is 8.66. The van der Waals surface area contributed by atoms with Gasteiger partial charge in [-0.1, -0.05) is 26.0 Å². The number of piperidine rings is 1. The summed E-state index contributed by atoms with van der Waals surface area (Å²) in [5.74, 6) is 1.82. The number of anilines is 4. The number of hydrogen-bond acceptors (Lipinski definition) is 6. The van der Waals surface area contributed by atoms with Gasteiger partial charge >= 0.3 is 0 Å². The maximum atomic E-state index is 6.40. The summed E-state index contributed by atoms with van der Waals surface area (Å²) >= 11 is 0. The number of nitrogens with two attached hydrogens (primary N) is 1. The van der Waals surface area contributed by atoms with Crippen molar-refractivity contribution in [3.8, 4) is 0 Å². The lowest BCUT2D eigenvalue weighted by atomic mass is 9.79. The minimum Gasteiger partial charge on any atom is -0.393 e. The average Bonchev–Trinajstić information content (AvgIpc) is 2.56. The molecule has 0 atom stereocenters. The molecule has 28 heavy (non-hydrogen) atoms. The van der Waals surface area contributed by atoms with Crippen LogP contribution in [0.1, 0.15) is 65.9 Å². The lowest BCUT2D eigenvalue weighted by Gasteiger charge is -2.46. The standard InChI is InChI=1S/C22H34N6/c1-14(2)15-7-9-16(10-8-15)26-19-18(23)20(25-13-24-19)27-17-11-21(3,4)28-22(5,6)12-17/h7-10,13-14,17,28H,11-12,23H2,1-6H3,(H2,24,25,26,27). The molecule has 0 radical (unpaired) electrons. The van der Waals surface area contributed by atoms with Gasteiger partial charge in [0.2, 0.25) is 0 Å². The summed E-state index contributed by atoms with van der Waals surface area (Å²) in [7, 11) is 0. The van der Waals surface area contributed by atoms with Gasteiger partial charge in [0.1, 0.15) is 12.0 Å². The first-order valence-electron chi connectivity index (χ1n) is 10.1. The summed E-state index contributed by atoms with van der Waals surface area (Å²) < 4.78 is 0. The van der Waals surface area contributed by atoms with Crippen LogP contribution in [0.3, 0.4) is 0 Å². The largest absolute Gasteiger partial charge is 0.393 e. The second-order valence-corrected chi connectivity index (χ2v) is 9.53. The van der Waals surface area contributed by atoms with Crippen LogP contribution in [0.4, 0.5) is 23.0 Å². The van der Waals surface area contributed by atoms with Gasteiger partial charge in [0.05, 0.1) is 0 Å². The summed E-state index contributed by atoms with van der Waals surface area (Å²) in [5, 5.41) is 10.6. The van der Waals surface area contributed by atoms with Gasteiger partial charge in [0.25, 0.3) is 0 Å². The summed E-state index contributed by atoms with van der Waals surface area (Å²) in [4.78, 5) is 8.74. The van der Waals surface area contributed by atoms with Crippen molar-refractivity contribution in [2.24, 2.45) is 0 Å². The molecule has 2 aromatic rings. The highest BCUT2D eigenvalue weighted by Crippen LogP contribution is 2.33. The molecule has 6 heteroatoms. The zero-order valence-corrected chi connectivity index (χ0v) is 17.9. The van der Waals surface area contributed by atoms with Crippen molar-refractivity contribution in [1.29, 1.82) is 0 Å². The molecule has 0 aliphatic carbocycles. The van der Waals surface area contributed by atoms with Crippen LogP contribution in [0.5, 0.6) is 0 Å². The molecule has 0 amide bonds. The van der Waals surface area contributed by atoms with Gasteiger partial charge in [-0.25, -0.2) is 9.97 Å². The van der Waals surface area contributed by atoms with Crippen LogP contribution in [-0.2, 0) is 0 Å². The lowest BCUT2D eigenvalue weighted by Crippen LogP contribution is -2.60. The fraction of sp³-hybridized carbons (Fsp3) is 0.545. The molecule has 152 valence electrons. The van der Waals surface area contributed by atoms with E-state index in [-0.39, 0.29) is 11.1 Å². The summed E-state index contributed by atoms with van der Waals surface area (Å²) in [6.45, 7) is 13.3. The highest BCUT2D eigenvalue weighted by atomic mass is 15.1. The van der Waals surface area contributed by atoms with Crippen LogP contribution in [0.25, 0.3) is 0 Å². The molecule has 0 saturated carbocycles. The zero-order chi connectivity index (χ0) is 20.5. The monoisotopic (exact) mass is 382 g/mol. The number of benzene rings is 1. The molecule has 5 N–H and O–H groups in total. The second kappa shape index (κ2) is 7.59. The fourth-order valence-corrected chi connectivity index (χ4v) is 4.32. The highest BCUT2D eigenvalue weighted by Gasteiger charge is 2.37. The Morgan fingerprint density at radius 2 is 1.57 bits per heavy atom. The Hall–Kier alpha value is -2.34. The van der Waals surface area contributed by atoms with Gasteiger partial charge in [-0.05, 0) is 64.2 Å². The molecule has 0 bridgehead atoms. The summed E-state index contributed by atoms with van der Waals surface area (Å²) in [5.41, 5.74) is 9.32. The van der Waals surface area contributed by atoms with E-state index in [4.69, 9.17) is 5.73 Å². The van der Waals surface area contributed by atoms with Gasteiger partial charge in [0, 0.05) is 22.8 Å². The molecule has 2 heterocycles. The van der Waals surface area contributed by atoms with Crippen molar-refractivity contribution in [3.63, 3.8) is 0 Å². The van der Waals surface area contributed by atoms with Crippen molar-refractivity contribution in [2.45, 2.75) is 77.4 Å². The molecule has 1 saturated heterocycles. The molecule has 1 fully saturated rings. The van der Waals surface area contributed by atoms with Gasteiger partial charge < -0.3 is 21.7 Å². The third-order valence-electron chi connectivity index (χ3n) is 5.26. The minimum absolute atomic E-state index is 0.0560. The number of rotatable bonds is 5. The Morgan fingerprint density at radius 1 is 1.00 bits per heavy atom. The molecule has 0 unspecified atom stereocenters. The molecule has 3 rings (SSSR count). The topological polar surface area (TPSA) is 87.9 Å². The van der Waals surface area contributed by atoms with E-state index in [2.05, 4.69) is 91.7 Å². The Balaban J connectivity index is 1.75. The Bertz CT molecular complexity index is 794. The third kappa shape index (κ3) is 4.93. The maximum Gasteiger partial charge on any atom is 0.159 e. The zero-order valence-electron chi connectivity index (χ0n) is 17.9. The quantitative estimate of drug-likeness (QED) is 0.602. The van der Waals surface area contributed by atoms with Crippen molar-refractivity contribution < 1.29 is 0 Å². The normalized spacial score (nSPS) is 18.8. The van der Waals surface area contributed by atoms with Crippen LogP contribution in [-0.4, -0.2) is 27.1 Å². The predicted molar refractivity (Wildman–Crippen MR) is 118 cm³/mol. The average molecular weight is 383 g/mol. The van der Waals surface area contributed by atoms with Crippen LogP contribution in [0.15, 0.2) is 30.6 Å². The number of aromatic nitrogens is 2. The molecule has 6 nitrogen and oxygen atoms in total. The Morgan fingerprint density at radius 3 is 2.14 bits per heavy atom. The summed E-state index contributed by atoms with van der Waals surface area (Å²) in [6.07, 6.45) is 3.56. The van der Waals surface area contributed by atoms with E-state index in [1.54, 1.807) is 6.33 Å². The van der Waals surface area contributed by atoms with Crippen LogP contribution >= 0.6 is 0 Å². The lowest BCUT2D eigenvalue weighted by molar-refractivity contribution is 0.170. The van der Waals surface area contributed by atoms with Crippen LogP contribution < -0.4 is 21.7 Å². The van der Waals surface area contributed by atoms with E-state index in [0.29, 0.717) is 29.3 Å². The maximum absolute atomic E-state index is 6.40. The number of nitrogen functional groups attached to an aromatic ring is 1. The molecule has 1 aliphatic rings. The smallest absolute Gasteiger partial charge is 0.159 e. The van der Waals surface area contributed by atoms with E-state index in [0.717, 1.165) is 18.5 Å². The number of nitrogens with zero attached hydrogens (tertiary/aromatic N) is 2. The molecule has 1 aromatic carbocycles. The van der Waals surface area contributed by atoms with Crippen LogP contribution in [0, 0.1) is 0 Å². The first kappa shape index (κ1) is 20.4. The Kier molecular flexibility index (Phi) is 5.53. The van der Waals surface area contributed by atoms with E-state index >= 15 is 0 Å². The van der Waals surface area contributed by atoms with E-state index in [9.17, 15) is 0 Å². The predicted octanol–water partition coefficient (Wildman–Crippen LogP) is 4.65. The first-order valence-corrected chi connectivity index (χ1v) is 10.1. The van der Waals surface area contributed by atoms with E-state index < -0.39 is 0 Å². The first-order chi connectivity index (χ1) is 13.0. The number of nitrogens with one attached hydrogen (secondary N) is 3. The van der Waals surface area contributed by atoms with Gasteiger partial charge in [-0.2, -0.15) is 0 Å². The van der Waals surface area contributed by atoms with E-state index in [1.165, 1.54) is 5.56 Å².